The lowest BCUT2D eigenvalue weighted by atomic mass is 10.1. The van der Waals surface area contributed by atoms with E-state index >= 15 is 0 Å². The first kappa shape index (κ1) is 18.1. The lowest BCUT2D eigenvalue weighted by molar-refractivity contribution is -0.119. The van der Waals surface area contributed by atoms with Crippen LogP contribution >= 0.6 is 0 Å². The van der Waals surface area contributed by atoms with E-state index in [0.29, 0.717) is 25.2 Å². The molecule has 0 spiro atoms. The predicted molar refractivity (Wildman–Crippen MR) is 96.4 cm³/mol. The van der Waals surface area contributed by atoms with Gasteiger partial charge in [-0.05, 0) is 24.6 Å². The maximum atomic E-state index is 12.7. The first-order chi connectivity index (χ1) is 12.5. The van der Waals surface area contributed by atoms with Crippen LogP contribution in [0.2, 0.25) is 0 Å². The van der Waals surface area contributed by atoms with Gasteiger partial charge in [0.2, 0.25) is 5.91 Å². The number of nitrogens with one attached hydrogen (secondary N) is 1. The van der Waals surface area contributed by atoms with Gasteiger partial charge in [0.25, 0.3) is 5.91 Å². The van der Waals surface area contributed by atoms with Gasteiger partial charge in [0.15, 0.2) is 5.76 Å². The van der Waals surface area contributed by atoms with Crippen molar-refractivity contribution in [3.8, 4) is 0 Å². The van der Waals surface area contributed by atoms with Gasteiger partial charge in [0.05, 0.1) is 12.2 Å². The number of carbonyl (C=O) groups excluding carboxylic acids is 2. The highest BCUT2D eigenvalue weighted by Gasteiger charge is 2.22. The molecule has 26 heavy (non-hydrogen) atoms. The molecule has 0 bridgehead atoms. The number of aromatic nitrogens is 1. The average Bonchev–Trinajstić information content (AvgIpc) is 3.05. The second-order valence-corrected chi connectivity index (χ2v) is 6.61. The van der Waals surface area contributed by atoms with E-state index < -0.39 is 0 Å². The molecule has 1 aromatic carbocycles. The third-order valence-electron chi connectivity index (χ3n) is 4.46. The largest absolute Gasteiger partial charge is 0.360 e. The smallest absolute Gasteiger partial charge is 0.253 e. The fraction of sp³-hybridized carbons (Fsp3) is 0.421. The second kappa shape index (κ2) is 8.14. The number of piperazine rings is 1. The summed E-state index contributed by atoms with van der Waals surface area (Å²) in [5, 5.41) is 6.65. The van der Waals surface area contributed by atoms with E-state index in [0.717, 1.165) is 36.7 Å². The molecule has 2 amide bonds. The predicted octanol–water partition coefficient (Wildman–Crippen LogP) is 1.58. The Morgan fingerprint density at radius 2 is 1.85 bits per heavy atom. The molecule has 0 atom stereocenters. The summed E-state index contributed by atoms with van der Waals surface area (Å²) < 4.78 is 5.26. The molecule has 1 aromatic heterocycles. The Bertz CT molecular complexity index is 761. The molecule has 0 unspecified atom stereocenters. The van der Waals surface area contributed by atoms with Crippen LogP contribution in [0.4, 0.5) is 0 Å². The lowest BCUT2D eigenvalue weighted by Crippen LogP contribution is -2.48. The van der Waals surface area contributed by atoms with Gasteiger partial charge in [-0.25, -0.2) is 0 Å². The molecule has 7 nitrogen and oxygen atoms in total. The molecule has 0 saturated carbocycles. The Labute approximate surface area is 152 Å². The zero-order chi connectivity index (χ0) is 18.5. The summed E-state index contributed by atoms with van der Waals surface area (Å²) in [6, 6.07) is 9.35. The van der Waals surface area contributed by atoms with E-state index in [2.05, 4.69) is 15.4 Å². The monoisotopic (exact) mass is 356 g/mol. The molecule has 0 radical (unpaired) electrons. The number of carbonyl (C=O) groups is 2. The fourth-order valence-electron chi connectivity index (χ4n) is 2.99. The summed E-state index contributed by atoms with van der Waals surface area (Å²) in [5.41, 5.74) is 2.54. The highest BCUT2D eigenvalue weighted by Crippen LogP contribution is 2.13. The number of amides is 2. The highest BCUT2D eigenvalue weighted by atomic mass is 16.5. The number of hydrogen-bond acceptors (Lipinski definition) is 5. The van der Waals surface area contributed by atoms with Crippen molar-refractivity contribution in [1.29, 1.82) is 0 Å². The highest BCUT2D eigenvalue weighted by molar-refractivity contribution is 5.94. The van der Waals surface area contributed by atoms with E-state index in [1.807, 2.05) is 42.2 Å². The number of rotatable bonds is 5. The topological polar surface area (TPSA) is 78.7 Å². The van der Waals surface area contributed by atoms with E-state index in [4.69, 9.17) is 4.52 Å². The summed E-state index contributed by atoms with van der Waals surface area (Å²) in [6.07, 6.45) is 0. The van der Waals surface area contributed by atoms with Crippen molar-refractivity contribution in [2.24, 2.45) is 0 Å². The summed E-state index contributed by atoms with van der Waals surface area (Å²) in [7, 11) is 0. The molecule has 1 N–H and O–H groups in total. The summed E-state index contributed by atoms with van der Waals surface area (Å²) in [5.74, 6) is 0.840. The van der Waals surface area contributed by atoms with Gasteiger partial charge in [-0.15, -0.1) is 0 Å². The maximum absolute atomic E-state index is 12.7. The fourth-order valence-corrected chi connectivity index (χ4v) is 2.99. The van der Waals surface area contributed by atoms with Gasteiger partial charge >= 0.3 is 0 Å². The van der Waals surface area contributed by atoms with E-state index in [1.54, 1.807) is 0 Å². The zero-order valence-electron chi connectivity index (χ0n) is 15.2. The summed E-state index contributed by atoms with van der Waals surface area (Å²) in [4.78, 5) is 27.8. The number of nitrogens with zero attached hydrogens (tertiary/aromatic N) is 3. The van der Waals surface area contributed by atoms with E-state index in [1.165, 1.54) is 6.92 Å². The first-order valence-corrected chi connectivity index (χ1v) is 8.78. The minimum atomic E-state index is -0.0662. The van der Waals surface area contributed by atoms with Crippen molar-refractivity contribution in [2.75, 3.05) is 26.2 Å². The first-order valence-electron chi connectivity index (χ1n) is 8.78. The SMILES string of the molecule is CC(=O)NCc1ccc(C(=O)N2CCN(Cc3cc(C)no3)CC2)cc1. The van der Waals surface area contributed by atoms with Crippen molar-refractivity contribution in [1.82, 2.24) is 20.3 Å². The Hall–Kier alpha value is -2.67. The van der Waals surface area contributed by atoms with Crippen LogP contribution in [0.15, 0.2) is 34.9 Å². The molecule has 1 aliphatic heterocycles. The van der Waals surface area contributed by atoms with Crippen LogP contribution in [-0.4, -0.2) is 52.9 Å². The Morgan fingerprint density at radius 3 is 2.42 bits per heavy atom. The van der Waals surface area contributed by atoms with E-state index in [-0.39, 0.29) is 11.8 Å². The van der Waals surface area contributed by atoms with Crippen molar-refractivity contribution in [2.45, 2.75) is 26.9 Å². The minimum Gasteiger partial charge on any atom is -0.360 e. The molecule has 1 saturated heterocycles. The third kappa shape index (κ3) is 4.70. The molecule has 2 heterocycles. The Balaban J connectivity index is 1.50. The minimum absolute atomic E-state index is 0.0474. The molecule has 7 heteroatoms. The second-order valence-electron chi connectivity index (χ2n) is 6.61. The lowest BCUT2D eigenvalue weighted by Gasteiger charge is -2.34. The quantitative estimate of drug-likeness (QED) is 0.880. The standard InChI is InChI=1S/C19H24N4O3/c1-14-11-18(26-21-14)13-22-7-9-23(10-8-22)19(25)17-5-3-16(4-6-17)12-20-15(2)24/h3-6,11H,7-10,12-13H2,1-2H3,(H,20,24). The van der Waals surface area contributed by atoms with E-state index in [9.17, 15) is 9.59 Å². The van der Waals surface area contributed by atoms with Crippen LogP contribution in [0.1, 0.15) is 34.3 Å². The normalized spacial score (nSPS) is 15.1. The summed E-state index contributed by atoms with van der Waals surface area (Å²) in [6.45, 7) is 7.61. The third-order valence-corrected chi connectivity index (χ3v) is 4.46. The van der Waals surface area contributed by atoms with Crippen molar-refractivity contribution in [3.63, 3.8) is 0 Å². The molecule has 0 aliphatic carbocycles. The van der Waals surface area contributed by atoms with Gasteiger partial charge < -0.3 is 14.7 Å². The Kier molecular flexibility index (Phi) is 5.68. The van der Waals surface area contributed by atoms with Gasteiger partial charge in [-0.3, -0.25) is 14.5 Å². The van der Waals surface area contributed by atoms with Gasteiger partial charge in [-0.1, -0.05) is 17.3 Å². The zero-order valence-corrected chi connectivity index (χ0v) is 15.2. The molecule has 1 aliphatic rings. The molecule has 2 aromatic rings. The van der Waals surface area contributed by atoms with Crippen molar-refractivity contribution < 1.29 is 14.1 Å². The van der Waals surface area contributed by atoms with Crippen molar-refractivity contribution >= 4 is 11.8 Å². The van der Waals surface area contributed by atoms with Crippen LogP contribution in [-0.2, 0) is 17.9 Å². The van der Waals surface area contributed by atoms with Crippen LogP contribution < -0.4 is 5.32 Å². The molecular weight excluding hydrogens is 332 g/mol. The van der Waals surface area contributed by atoms with Crippen LogP contribution in [0.5, 0.6) is 0 Å². The number of aryl methyl sites for hydroxylation is 1. The number of benzene rings is 1. The number of hydrogen-bond donors (Lipinski definition) is 1. The van der Waals surface area contributed by atoms with Crippen molar-refractivity contribution in [3.05, 3.63) is 52.9 Å². The molecular formula is C19H24N4O3. The van der Waals surface area contributed by atoms with Gasteiger partial charge in [-0.2, -0.15) is 0 Å². The molecule has 138 valence electrons. The van der Waals surface area contributed by atoms with Gasteiger partial charge in [0, 0.05) is 51.3 Å². The molecule has 3 rings (SSSR count). The van der Waals surface area contributed by atoms with Crippen LogP contribution in [0, 0.1) is 6.92 Å². The maximum Gasteiger partial charge on any atom is 0.253 e. The van der Waals surface area contributed by atoms with Crippen LogP contribution in [0.3, 0.4) is 0 Å². The average molecular weight is 356 g/mol. The molecule has 1 fully saturated rings. The van der Waals surface area contributed by atoms with Crippen LogP contribution in [0.25, 0.3) is 0 Å². The van der Waals surface area contributed by atoms with Gasteiger partial charge in [0.1, 0.15) is 0 Å². The summed E-state index contributed by atoms with van der Waals surface area (Å²) >= 11 is 0. The Morgan fingerprint density at radius 1 is 1.15 bits per heavy atom.